The van der Waals surface area contributed by atoms with E-state index in [9.17, 15) is 4.79 Å². The molecule has 0 saturated heterocycles. The maximum Gasteiger partial charge on any atom is 0.244 e. The Bertz CT molecular complexity index is 583. The van der Waals surface area contributed by atoms with E-state index in [2.05, 4.69) is 26.1 Å². The molecular formula is C20H31NO3. The minimum absolute atomic E-state index is 0.0999. The average molecular weight is 333 g/mol. The molecule has 0 aliphatic carbocycles. The Morgan fingerprint density at radius 3 is 2.38 bits per heavy atom. The summed E-state index contributed by atoms with van der Waals surface area (Å²) in [6.45, 7) is 13.1. The monoisotopic (exact) mass is 333 g/mol. The highest BCUT2D eigenvalue weighted by molar-refractivity contribution is 5.92. The number of ether oxygens (including phenoxy) is 2. The minimum Gasteiger partial charge on any atom is -0.493 e. The third kappa shape index (κ3) is 7.07. The zero-order valence-electron chi connectivity index (χ0n) is 16.0. The van der Waals surface area contributed by atoms with Crippen LogP contribution in [0.15, 0.2) is 24.3 Å². The number of carbonyl (C=O) groups excluding carboxylic acids is 1. The van der Waals surface area contributed by atoms with E-state index in [1.165, 1.54) is 0 Å². The number of amides is 1. The molecule has 0 aliphatic heterocycles. The summed E-state index contributed by atoms with van der Waals surface area (Å²) in [5.41, 5.74) is 0.790. The lowest BCUT2D eigenvalue weighted by atomic mass is 9.82. The molecule has 0 radical (unpaired) electrons. The number of hydrogen-bond donors (Lipinski definition) is 1. The summed E-state index contributed by atoms with van der Waals surface area (Å²) in [7, 11) is 1.60. The van der Waals surface area contributed by atoms with Gasteiger partial charge in [0.1, 0.15) is 0 Å². The second-order valence-electron chi connectivity index (χ2n) is 7.79. The topological polar surface area (TPSA) is 47.6 Å². The van der Waals surface area contributed by atoms with Crippen LogP contribution in [0.25, 0.3) is 6.08 Å². The third-order valence-electron chi connectivity index (χ3n) is 3.35. The molecule has 1 rings (SSSR count). The first kappa shape index (κ1) is 20.1. The molecule has 1 aromatic rings. The summed E-state index contributed by atoms with van der Waals surface area (Å²) in [5, 5.41) is 3.06. The Hall–Kier alpha value is -1.97. The summed E-state index contributed by atoms with van der Waals surface area (Å²) in [5.74, 6) is 1.26. The highest BCUT2D eigenvalue weighted by Gasteiger charge is 2.26. The molecule has 1 aromatic carbocycles. The molecule has 0 fully saturated rings. The van der Waals surface area contributed by atoms with Crippen LogP contribution in [0.4, 0.5) is 0 Å². The first-order valence-electron chi connectivity index (χ1n) is 8.37. The third-order valence-corrected chi connectivity index (χ3v) is 3.35. The second-order valence-corrected chi connectivity index (χ2v) is 7.79. The van der Waals surface area contributed by atoms with Gasteiger partial charge in [0.15, 0.2) is 11.5 Å². The molecule has 1 N–H and O–H groups in total. The van der Waals surface area contributed by atoms with Crippen molar-refractivity contribution >= 4 is 12.0 Å². The number of benzene rings is 1. The molecule has 0 spiro atoms. The molecule has 24 heavy (non-hydrogen) atoms. The normalized spacial score (nSPS) is 12.3. The van der Waals surface area contributed by atoms with Gasteiger partial charge in [-0.2, -0.15) is 0 Å². The van der Waals surface area contributed by atoms with Gasteiger partial charge in [0.05, 0.1) is 13.7 Å². The lowest BCUT2D eigenvalue weighted by Gasteiger charge is -2.32. The van der Waals surface area contributed by atoms with E-state index in [-0.39, 0.29) is 16.9 Å². The Morgan fingerprint density at radius 1 is 1.17 bits per heavy atom. The van der Waals surface area contributed by atoms with E-state index in [4.69, 9.17) is 9.47 Å². The lowest BCUT2D eigenvalue weighted by molar-refractivity contribution is -0.118. The van der Waals surface area contributed by atoms with Crippen LogP contribution in [-0.2, 0) is 4.79 Å². The van der Waals surface area contributed by atoms with Gasteiger partial charge in [-0.15, -0.1) is 0 Å². The fraction of sp³-hybridized carbons (Fsp3) is 0.550. The largest absolute Gasteiger partial charge is 0.493 e. The van der Waals surface area contributed by atoms with Crippen molar-refractivity contribution in [2.75, 3.05) is 13.7 Å². The Balaban J connectivity index is 2.76. The minimum atomic E-state index is -0.254. The van der Waals surface area contributed by atoms with Crippen molar-refractivity contribution in [3.63, 3.8) is 0 Å². The van der Waals surface area contributed by atoms with Gasteiger partial charge in [-0.05, 0) is 56.4 Å². The van der Waals surface area contributed by atoms with E-state index in [1.807, 2.05) is 39.0 Å². The van der Waals surface area contributed by atoms with Gasteiger partial charge in [0.2, 0.25) is 5.91 Å². The van der Waals surface area contributed by atoms with Crippen molar-refractivity contribution in [3.05, 3.63) is 29.8 Å². The molecule has 134 valence electrons. The molecule has 4 nitrogen and oxygen atoms in total. The Kier molecular flexibility index (Phi) is 6.88. The molecule has 4 heteroatoms. The molecule has 0 aliphatic rings. The van der Waals surface area contributed by atoms with Gasteiger partial charge in [-0.3, -0.25) is 4.79 Å². The second kappa shape index (κ2) is 8.22. The van der Waals surface area contributed by atoms with Gasteiger partial charge in [0, 0.05) is 11.6 Å². The first-order chi connectivity index (χ1) is 11.1. The molecule has 1 amide bonds. The molecule has 0 bridgehead atoms. The van der Waals surface area contributed by atoms with E-state index < -0.39 is 0 Å². The molecule has 0 aromatic heterocycles. The van der Waals surface area contributed by atoms with E-state index in [0.29, 0.717) is 18.1 Å². The van der Waals surface area contributed by atoms with Crippen molar-refractivity contribution in [1.82, 2.24) is 5.32 Å². The van der Waals surface area contributed by atoms with Crippen LogP contribution in [0.2, 0.25) is 0 Å². The Labute approximate surface area is 146 Å². The Morgan fingerprint density at radius 2 is 1.83 bits per heavy atom. The highest BCUT2D eigenvalue weighted by atomic mass is 16.5. The summed E-state index contributed by atoms with van der Waals surface area (Å²) in [4.78, 5) is 12.2. The molecule has 0 unspecified atom stereocenters. The van der Waals surface area contributed by atoms with Crippen molar-refractivity contribution in [3.8, 4) is 11.5 Å². The summed E-state index contributed by atoms with van der Waals surface area (Å²) in [6.07, 6.45) is 4.23. The van der Waals surface area contributed by atoms with Crippen LogP contribution < -0.4 is 14.8 Å². The van der Waals surface area contributed by atoms with Crippen molar-refractivity contribution in [1.29, 1.82) is 0 Å². The maximum absolute atomic E-state index is 12.2. The van der Waals surface area contributed by atoms with Crippen LogP contribution in [0.5, 0.6) is 11.5 Å². The van der Waals surface area contributed by atoms with Crippen LogP contribution in [0, 0.1) is 5.41 Å². The molecule has 0 heterocycles. The quantitative estimate of drug-likeness (QED) is 0.751. The first-order valence-corrected chi connectivity index (χ1v) is 8.37. The fourth-order valence-corrected chi connectivity index (χ4v) is 2.98. The SMILES string of the molecule is CCOc1ccc(/C=C/C(=O)NC(C)(C)CC(C)(C)C)cc1OC. The zero-order valence-corrected chi connectivity index (χ0v) is 16.0. The van der Waals surface area contributed by atoms with Crippen LogP contribution in [-0.4, -0.2) is 25.2 Å². The summed E-state index contributed by atoms with van der Waals surface area (Å²) < 4.78 is 10.8. The van der Waals surface area contributed by atoms with E-state index in [0.717, 1.165) is 12.0 Å². The van der Waals surface area contributed by atoms with Crippen molar-refractivity contribution in [2.24, 2.45) is 5.41 Å². The van der Waals surface area contributed by atoms with Gasteiger partial charge in [-0.25, -0.2) is 0 Å². The van der Waals surface area contributed by atoms with Crippen LogP contribution >= 0.6 is 0 Å². The highest BCUT2D eigenvalue weighted by Crippen LogP contribution is 2.29. The van der Waals surface area contributed by atoms with Crippen LogP contribution in [0.3, 0.4) is 0 Å². The van der Waals surface area contributed by atoms with Crippen LogP contribution in [0.1, 0.15) is 53.5 Å². The average Bonchev–Trinajstić information content (AvgIpc) is 2.43. The number of hydrogen-bond acceptors (Lipinski definition) is 3. The van der Waals surface area contributed by atoms with Gasteiger partial charge >= 0.3 is 0 Å². The predicted octanol–water partition coefficient (Wildman–Crippen LogP) is 4.44. The van der Waals surface area contributed by atoms with Gasteiger partial charge < -0.3 is 14.8 Å². The van der Waals surface area contributed by atoms with E-state index in [1.54, 1.807) is 19.3 Å². The predicted molar refractivity (Wildman–Crippen MR) is 99.5 cm³/mol. The molecule has 0 atom stereocenters. The summed E-state index contributed by atoms with van der Waals surface area (Å²) in [6, 6.07) is 5.61. The van der Waals surface area contributed by atoms with E-state index >= 15 is 0 Å². The smallest absolute Gasteiger partial charge is 0.244 e. The number of methoxy groups -OCH3 is 1. The van der Waals surface area contributed by atoms with Gasteiger partial charge in [-0.1, -0.05) is 26.8 Å². The summed E-state index contributed by atoms with van der Waals surface area (Å²) >= 11 is 0. The lowest BCUT2D eigenvalue weighted by Crippen LogP contribution is -2.45. The van der Waals surface area contributed by atoms with Crippen molar-refractivity contribution in [2.45, 2.75) is 53.5 Å². The number of carbonyl (C=O) groups is 1. The van der Waals surface area contributed by atoms with Gasteiger partial charge in [0.25, 0.3) is 0 Å². The molecular weight excluding hydrogens is 302 g/mol. The standard InChI is InChI=1S/C20H31NO3/c1-8-24-16-11-9-15(13-17(16)23-7)10-12-18(22)21-20(5,6)14-19(2,3)4/h9-13H,8,14H2,1-7H3,(H,21,22)/b12-10+. The fourth-order valence-electron chi connectivity index (χ4n) is 2.98. The maximum atomic E-state index is 12.2. The number of rotatable bonds is 7. The molecule has 0 saturated carbocycles. The number of nitrogens with one attached hydrogen (secondary N) is 1. The van der Waals surface area contributed by atoms with Crippen molar-refractivity contribution < 1.29 is 14.3 Å². The zero-order chi connectivity index (χ0) is 18.4.